The minimum atomic E-state index is 0.466. The summed E-state index contributed by atoms with van der Waals surface area (Å²) in [4.78, 5) is 8.89. The Morgan fingerprint density at radius 1 is 0.774 bits per heavy atom. The molecule has 1 fully saturated rings. The van der Waals surface area contributed by atoms with Crippen LogP contribution in [0.4, 0.5) is 11.4 Å². The average Bonchev–Trinajstić information content (AvgIpc) is 2.81. The van der Waals surface area contributed by atoms with Crippen LogP contribution >= 0.6 is 11.6 Å². The number of aromatic nitrogens is 2. The summed E-state index contributed by atoms with van der Waals surface area (Å²) in [5, 5.41) is 9.27. The summed E-state index contributed by atoms with van der Waals surface area (Å²) in [6.45, 7) is 0. The molecule has 5 heteroatoms. The predicted molar refractivity (Wildman–Crippen MR) is 130 cm³/mol. The van der Waals surface area contributed by atoms with Crippen LogP contribution in [0.15, 0.2) is 79.3 Å². The zero-order valence-electron chi connectivity index (χ0n) is 17.3. The molecule has 0 unspecified atom stereocenters. The van der Waals surface area contributed by atoms with Gasteiger partial charge in [-0.1, -0.05) is 41.9 Å². The predicted octanol–water partition coefficient (Wildman–Crippen LogP) is 6.79. The fourth-order valence-electron chi connectivity index (χ4n) is 4.39. The second kappa shape index (κ2) is 8.94. The Morgan fingerprint density at radius 2 is 1.55 bits per heavy atom. The Labute approximate surface area is 187 Å². The molecule has 0 atom stereocenters. The maximum atomic E-state index is 6.12. The quantitative estimate of drug-likeness (QED) is 0.367. The molecule has 0 aliphatic heterocycles. The van der Waals surface area contributed by atoms with Crippen molar-refractivity contribution in [1.29, 1.82) is 0 Å². The van der Waals surface area contributed by atoms with Gasteiger partial charge in [0.25, 0.3) is 0 Å². The van der Waals surface area contributed by atoms with Crippen LogP contribution in [0.1, 0.15) is 25.7 Å². The van der Waals surface area contributed by atoms with Crippen LogP contribution < -0.4 is 10.6 Å². The highest BCUT2D eigenvalue weighted by molar-refractivity contribution is 6.31. The normalized spacial score (nSPS) is 18.6. The highest BCUT2D eigenvalue weighted by Crippen LogP contribution is 2.29. The van der Waals surface area contributed by atoms with E-state index in [4.69, 9.17) is 11.6 Å². The molecule has 0 amide bonds. The Balaban J connectivity index is 1.21. The molecule has 0 spiro atoms. The lowest BCUT2D eigenvalue weighted by Crippen LogP contribution is -2.32. The van der Waals surface area contributed by atoms with E-state index < -0.39 is 0 Å². The number of pyridine rings is 2. The standard InChI is InChI=1S/C26H25ClN4/c27-20-6-11-24-25(12-13-29-26(24)15-20)31-22-9-7-21(8-10-22)30-23-14-19(16-28-17-23)18-4-2-1-3-5-18/h1-6,11-17,21-22,30H,7-10H2,(H,29,31). The molecular weight excluding hydrogens is 404 g/mol. The highest BCUT2D eigenvalue weighted by atomic mass is 35.5. The van der Waals surface area contributed by atoms with E-state index in [1.54, 1.807) is 0 Å². The maximum Gasteiger partial charge on any atom is 0.0737 e. The molecule has 2 heterocycles. The van der Waals surface area contributed by atoms with Crippen LogP contribution in [0.3, 0.4) is 0 Å². The van der Waals surface area contributed by atoms with Crippen molar-refractivity contribution in [2.24, 2.45) is 0 Å². The van der Waals surface area contributed by atoms with Gasteiger partial charge in [0.15, 0.2) is 0 Å². The van der Waals surface area contributed by atoms with Gasteiger partial charge in [0.2, 0.25) is 0 Å². The minimum Gasteiger partial charge on any atom is -0.382 e. The Hall–Kier alpha value is -3.11. The monoisotopic (exact) mass is 428 g/mol. The van der Waals surface area contributed by atoms with Crippen molar-refractivity contribution in [1.82, 2.24) is 9.97 Å². The molecule has 1 saturated carbocycles. The number of hydrogen-bond donors (Lipinski definition) is 2. The van der Waals surface area contributed by atoms with E-state index >= 15 is 0 Å². The van der Waals surface area contributed by atoms with Gasteiger partial charge in [0, 0.05) is 52.3 Å². The van der Waals surface area contributed by atoms with Gasteiger partial charge in [0.05, 0.1) is 11.2 Å². The SMILES string of the molecule is Clc1ccc2c(NC3CCC(Nc4cncc(-c5ccccc5)c4)CC3)ccnc2c1. The lowest BCUT2D eigenvalue weighted by atomic mass is 9.90. The summed E-state index contributed by atoms with van der Waals surface area (Å²) in [5.74, 6) is 0. The van der Waals surface area contributed by atoms with Crippen LogP contribution in [0, 0.1) is 0 Å². The summed E-state index contributed by atoms with van der Waals surface area (Å²) < 4.78 is 0. The lowest BCUT2D eigenvalue weighted by molar-refractivity contribution is 0.429. The first-order valence-electron chi connectivity index (χ1n) is 10.8. The first kappa shape index (κ1) is 19.8. The lowest BCUT2D eigenvalue weighted by Gasteiger charge is -2.31. The third-order valence-electron chi connectivity index (χ3n) is 6.01. The van der Waals surface area contributed by atoms with Crippen molar-refractivity contribution in [3.8, 4) is 11.1 Å². The molecule has 2 aromatic heterocycles. The van der Waals surface area contributed by atoms with E-state index in [1.165, 1.54) is 5.56 Å². The van der Waals surface area contributed by atoms with Crippen molar-refractivity contribution < 1.29 is 0 Å². The van der Waals surface area contributed by atoms with Crippen LogP contribution in [0.25, 0.3) is 22.0 Å². The van der Waals surface area contributed by atoms with Crippen LogP contribution in [-0.2, 0) is 0 Å². The zero-order valence-corrected chi connectivity index (χ0v) is 18.0. The van der Waals surface area contributed by atoms with Crippen molar-refractivity contribution in [2.75, 3.05) is 10.6 Å². The van der Waals surface area contributed by atoms with Crippen molar-refractivity contribution >= 4 is 33.9 Å². The molecule has 0 saturated heterocycles. The van der Waals surface area contributed by atoms with E-state index in [0.717, 1.165) is 58.5 Å². The summed E-state index contributed by atoms with van der Waals surface area (Å²) in [5.41, 5.74) is 5.49. The number of rotatable bonds is 5. The van der Waals surface area contributed by atoms with Crippen molar-refractivity contribution in [3.63, 3.8) is 0 Å². The number of halogens is 1. The second-order valence-electron chi connectivity index (χ2n) is 8.19. The molecule has 4 aromatic rings. The molecule has 1 aliphatic rings. The smallest absolute Gasteiger partial charge is 0.0737 e. The number of fused-ring (bicyclic) bond motifs is 1. The summed E-state index contributed by atoms with van der Waals surface area (Å²) in [6, 6.07) is 21.5. The number of nitrogens with zero attached hydrogens (tertiary/aromatic N) is 2. The first-order chi connectivity index (χ1) is 15.2. The minimum absolute atomic E-state index is 0.466. The van der Waals surface area contributed by atoms with E-state index in [1.807, 2.05) is 42.9 Å². The fraction of sp³-hybridized carbons (Fsp3) is 0.231. The van der Waals surface area contributed by atoms with E-state index in [-0.39, 0.29) is 0 Å². The molecule has 4 nitrogen and oxygen atoms in total. The van der Waals surface area contributed by atoms with Crippen molar-refractivity contribution in [3.05, 3.63) is 84.3 Å². The zero-order chi connectivity index (χ0) is 21.0. The largest absolute Gasteiger partial charge is 0.382 e. The second-order valence-corrected chi connectivity index (χ2v) is 8.62. The van der Waals surface area contributed by atoms with E-state index in [0.29, 0.717) is 12.1 Å². The Kier molecular flexibility index (Phi) is 5.72. The van der Waals surface area contributed by atoms with Gasteiger partial charge in [-0.25, -0.2) is 0 Å². The van der Waals surface area contributed by atoms with Gasteiger partial charge in [-0.3, -0.25) is 9.97 Å². The topological polar surface area (TPSA) is 49.8 Å². The number of anilines is 2. The van der Waals surface area contributed by atoms with Gasteiger partial charge in [-0.15, -0.1) is 0 Å². The van der Waals surface area contributed by atoms with Crippen LogP contribution in [0.5, 0.6) is 0 Å². The molecule has 2 aromatic carbocycles. The molecule has 0 radical (unpaired) electrons. The van der Waals surface area contributed by atoms with Gasteiger partial charge in [0.1, 0.15) is 0 Å². The molecule has 156 valence electrons. The van der Waals surface area contributed by atoms with E-state index in [2.05, 4.69) is 57.0 Å². The van der Waals surface area contributed by atoms with Gasteiger partial charge in [-0.05, 0) is 61.6 Å². The highest BCUT2D eigenvalue weighted by Gasteiger charge is 2.21. The van der Waals surface area contributed by atoms with E-state index in [9.17, 15) is 0 Å². The third kappa shape index (κ3) is 4.64. The van der Waals surface area contributed by atoms with Crippen LogP contribution in [0.2, 0.25) is 5.02 Å². The summed E-state index contributed by atoms with van der Waals surface area (Å²) >= 11 is 6.12. The Morgan fingerprint density at radius 3 is 2.35 bits per heavy atom. The Bertz CT molecular complexity index is 1170. The molecular formula is C26H25ClN4. The van der Waals surface area contributed by atoms with Crippen LogP contribution in [-0.4, -0.2) is 22.1 Å². The van der Waals surface area contributed by atoms with Gasteiger partial charge in [-0.2, -0.15) is 0 Å². The van der Waals surface area contributed by atoms with Crippen molar-refractivity contribution in [2.45, 2.75) is 37.8 Å². The third-order valence-corrected chi connectivity index (χ3v) is 6.24. The summed E-state index contributed by atoms with van der Waals surface area (Å²) in [7, 11) is 0. The summed E-state index contributed by atoms with van der Waals surface area (Å²) in [6.07, 6.45) is 10.2. The molecule has 2 N–H and O–H groups in total. The molecule has 0 bridgehead atoms. The fourth-order valence-corrected chi connectivity index (χ4v) is 4.56. The van der Waals surface area contributed by atoms with Gasteiger partial charge >= 0.3 is 0 Å². The number of nitrogens with one attached hydrogen (secondary N) is 2. The van der Waals surface area contributed by atoms with Gasteiger partial charge < -0.3 is 10.6 Å². The molecule has 1 aliphatic carbocycles. The average molecular weight is 429 g/mol. The molecule has 31 heavy (non-hydrogen) atoms. The first-order valence-corrected chi connectivity index (χ1v) is 11.2. The maximum absolute atomic E-state index is 6.12. The number of benzene rings is 2. The molecule has 5 rings (SSSR count). The number of hydrogen-bond acceptors (Lipinski definition) is 4.